The molecule has 20 heavy (non-hydrogen) atoms. The number of nitrogens with zero attached hydrogens (tertiary/aromatic N) is 1. The summed E-state index contributed by atoms with van der Waals surface area (Å²) in [5, 5.41) is 6.55. The molecule has 114 valence electrons. The molecule has 0 amide bonds. The Morgan fingerprint density at radius 2 is 1.80 bits per heavy atom. The van der Waals surface area contributed by atoms with Crippen LogP contribution < -0.4 is 10.6 Å². The van der Waals surface area contributed by atoms with E-state index in [1.165, 1.54) is 11.1 Å². The van der Waals surface area contributed by atoms with E-state index in [4.69, 9.17) is 4.74 Å². The van der Waals surface area contributed by atoms with Crippen molar-refractivity contribution in [3.63, 3.8) is 0 Å². The van der Waals surface area contributed by atoms with Crippen LogP contribution in [-0.2, 0) is 17.9 Å². The summed E-state index contributed by atoms with van der Waals surface area (Å²) in [6, 6.07) is 8.81. The third kappa shape index (κ3) is 7.69. The first-order valence-electron chi connectivity index (χ1n) is 6.78. The molecular weight excluding hydrogens is 365 g/mol. The Hall–Kier alpha value is -0.820. The SMILES string of the molecule is CCOCc1ccc(CNC(=NC)NC(C)C)cc1.I. The maximum atomic E-state index is 5.37. The molecule has 1 rings (SSSR count). The van der Waals surface area contributed by atoms with E-state index in [0.29, 0.717) is 12.6 Å². The molecule has 0 saturated heterocycles. The van der Waals surface area contributed by atoms with Gasteiger partial charge in [-0.25, -0.2) is 0 Å². The fourth-order valence-corrected chi connectivity index (χ4v) is 1.63. The van der Waals surface area contributed by atoms with Crippen LogP contribution in [-0.4, -0.2) is 25.7 Å². The molecule has 0 fully saturated rings. The minimum Gasteiger partial charge on any atom is -0.377 e. The van der Waals surface area contributed by atoms with Crippen molar-refractivity contribution in [1.29, 1.82) is 0 Å². The molecule has 2 N–H and O–H groups in total. The van der Waals surface area contributed by atoms with Crippen molar-refractivity contribution in [1.82, 2.24) is 10.6 Å². The van der Waals surface area contributed by atoms with Crippen molar-refractivity contribution in [3.05, 3.63) is 35.4 Å². The van der Waals surface area contributed by atoms with Gasteiger partial charge in [-0.05, 0) is 31.9 Å². The number of ether oxygens (including phenoxy) is 1. The highest BCUT2D eigenvalue weighted by atomic mass is 127. The van der Waals surface area contributed by atoms with E-state index in [1.807, 2.05) is 6.92 Å². The Kier molecular flexibility index (Phi) is 10.5. The van der Waals surface area contributed by atoms with Gasteiger partial charge in [0.2, 0.25) is 0 Å². The van der Waals surface area contributed by atoms with E-state index in [0.717, 1.165) is 19.1 Å². The predicted molar refractivity (Wildman–Crippen MR) is 95.7 cm³/mol. The Morgan fingerprint density at radius 1 is 1.20 bits per heavy atom. The van der Waals surface area contributed by atoms with E-state index in [9.17, 15) is 0 Å². The second kappa shape index (κ2) is 10.9. The van der Waals surface area contributed by atoms with Crippen molar-refractivity contribution in [2.24, 2.45) is 4.99 Å². The third-order valence-electron chi connectivity index (χ3n) is 2.60. The zero-order chi connectivity index (χ0) is 14.1. The minimum absolute atomic E-state index is 0. The van der Waals surface area contributed by atoms with Crippen LogP contribution >= 0.6 is 24.0 Å². The van der Waals surface area contributed by atoms with E-state index >= 15 is 0 Å². The summed E-state index contributed by atoms with van der Waals surface area (Å²) in [7, 11) is 1.78. The maximum Gasteiger partial charge on any atom is 0.191 e. The Balaban J connectivity index is 0.00000361. The summed E-state index contributed by atoms with van der Waals surface area (Å²) in [6.07, 6.45) is 0. The van der Waals surface area contributed by atoms with Crippen LogP contribution in [0.2, 0.25) is 0 Å². The molecule has 0 aliphatic heterocycles. The van der Waals surface area contributed by atoms with Crippen LogP contribution in [0.25, 0.3) is 0 Å². The Morgan fingerprint density at radius 3 is 2.30 bits per heavy atom. The summed E-state index contributed by atoms with van der Waals surface area (Å²) in [4.78, 5) is 4.18. The van der Waals surface area contributed by atoms with E-state index in [1.54, 1.807) is 7.05 Å². The first-order chi connectivity index (χ1) is 9.15. The number of aliphatic imine (C=N–C) groups is 1. The zero-order valence-electron chi connectivity index (χ0n) is 12.8. The highest BCUT2D eigenvalue weighted by Gasteiger charge is 2.00. The second-order valence-corrected chi connectivity index (χ2v) is 4.68. The van der Waals surface area contributed by atoms with Crippen LogP contribution in [0, 0.1) is 0 Å². The van der Waals surface area contributed by atoms with Gasteiger partial charge in [0, 0.05) is 26.2 Å². The number of hydrogen-bond donors (Lipinski definition) is 2. The monoisotopic (exact) mass is 391 g/mol. The molecule has 0 spiro atoms. The molecule has 4 nitrogen and oxygen atoms in total. The number of halogens is 1. The van der Waals surface area contributed by atoms with Gasteiger partial charge in [-0.2, -0.15) is 0 Å². The molecule has 5 heteroatoms. The first kappa shape index (κ1) is 19.2. The highest BCUT2D eigenvalue weighted by Crippen LogP contribution is 2.05. The summed E-state index contributed by atoms with van der Waals surface area (Å²) < 4.78 is 5.37. The van der Waals surface area contributed by atoms with Crippen LogP contribution in [0.15, 0.2) is 29.3 Å². The first-order valence-corrected chi connectivity index (χ1v) is 6.78. The third-order valence-corrected chi connectivity index (χ3v) is 2.60. The second-order valence-electron chi connectivity index (χ2n) is 4.68. The van der Waals surface area contributed by atoms with Gasteiger partial charge < -0.3 is 15.4 Å². The van der Waals surface area contributed by atoms with Gasteiger partial charge in [0.15, 0.2) is 5.96 Å². The Bertz CT molecular complexity index is 391. The number of nitrogens with one attached hydrogen (secondary N) is 2. The summed E-state index contributed by atoms with van der Waals surface area (Å²) in [5.41, 5.74) is 2.43. The van der Waals surface area contributed by atoms with Crippen molar-refractivity contribution in [2.45, 2.75) is 40.0 Å². The quantitative estimate of drug-likeness (QED) is 0.445. The van der Waals surface area contributed by atoms with Gasteiger partial charge in [-0.15, -0.1) is 24.0 Å². The van der Waals surface area contributed by atoms with Gasteiger partial charge in [-0.1, -0.05) is 24.3 Å². The lowest BCUT2D eigenvalue weighted by Crippen LogP contribution is -2.40. The molecule has 0 saturated carbocycles. The summed E-state index contributed by atoms with van der Waals surface area (Å²) in [5.74, 6) is 0.827. The maximum absolute atomic E-state index is 5.37. The number of rotatable bonds is 6. The van der Waals surface area contributed by atoms with Gasteiger partial charge in [0.1, 0.15) is 0 Å². The average Bonchev–Trinajstić information content (AvgIpc) is 2.42. The molecule has 0 heterocycles. The van der Waals surface area contributed by atoms with E-state index < -0.39 is 0 Å². The van der Waals surface area contributed by atoms with E-state index in [-0.39, 0.29) is 24.0 Å². The largest absolute Gasteiger partial charge is 0.377 e. The van der Waals surface area contributed by atoms with Crippen LogP contribution in [0.5, 0.6) is 0 Å². The van der Waals surface area contributed by atoms with Gasteiger partial charge in [-0.3, -0.25) is 4.99 Å². The normalized spacial score (nSPS) is 11.2. The van der Waals surface area contributed by atoms with Crippen molar-refractivity contribution < 1.29 is 4.74 Å². The van der Waals surface area contributed by atoms with E-state index in [2.05, 4.69) is 53.7 Å². The van der Waals surface area contributed by atoms with Crippen molar-refractivity contribution >= 4 is 29.9 Å². The molecular formula is C15H26IN3O. The lowest BCUT2D eigenvalue weighted by Gasteiger charge is -2.14. The molecule has 0 unspecified atom stereocenters. The average molecular weight is 391 g/mol. The lowest BCUT2D eigenvalue weighted by atomic mass is 10.1. The molecule has 0 bridgehead atoms. The molecule has 0 aromatic heterocycles. The van der Waals surface area contributed by atoms with Crippen molar-refractivity contribution in [3.8, 4) is 0 Å². The fraction of sp³-hybridized carbons (Fsp3) is 0.533. The Labute approximate surface area is 139 Å². The molecule has 1 aromatic carbocycles. The van der Waals surface area contributed by atoms with Gasteiger partial charge >= 0.3 is 0 Å². The van der Waals surface area contributed by atoms with Crippen LogP contribution in [0.1, 0.15) is 31.9 Å². The predicted octanol–water partition coefficient (Wildman–Crippen LogP) is 2.91. The zero-order valence-corrected chi connectivity index (χ0v) is 15.1. The lowest BCUT2D eigenvalue weighted by molar-refractivity contribution is 0.134. The molecule has 0 radical (unpaired) electrons. The van der Waals surface area contributed by atoms with Crippen molar-refractivity contribution in [2.75, 3.05) is 13.7 Å². The molecule has 0 aliphatic carbocycles. The number of guanidine groups is 1. The molecule has 0 aliphatic rings. The smallest absolute Gasteiger partial charge is 0.191 e. The van der Waals surface area contributed by atoms with Crippen LogP contribution in [0.4, 0.5) is 0 Å². The standard InChI is InChI=1S/C15H25N3O.HI/c1-5-19-11-14-8-6-13(7-9-14)10-17-15(16-4)18-12(2)3;/h6-9,12H,5,10-11H2,1-4H3,(H2,16,17,18);1H. The van der Waals surface area contributed by atoms with Crippen LogP contribution in [0.3, 0.4) is 0 Å². The fourth-order valence-electron chi connectivity index (χ4n) is 1.63. The molecule has 0 atom stereocenters. The topological polar surface area (TPSA) is 45.6 Å². The summed E-state index contributed by atoms with van der Waals surface area (Å²) >= 11 is 0. The summed E-state index contributed by atoms with van der Waals surface area (Å²) in [6.45, 7) is 8.39. The van der Waals surface area contributed by atoms with Gasteiger partial charge in [0.25, 0.3) is 0 Å². The number of hydrogen-bond acceptors (Lipinski definition) is 2. The minimum atomic E-state index is 0. The highest BCUT2D eigenvalue weighted by molar-refractivity contribution is 14.0. The van der Waals surface area contributed by atoms with Gasteiger partial charge in [0.05, 0.1) is 6.61 Å². The molecule has 1 aromatic rings. The number of benzene rings is 1.